The minimum atomic E-state index is -0.991. The van der Waals surface area contributed by atoms with Crippen LogP contribution in [0.15, 0.2) is 35.6 Å². The molecule has 1 unspecified atom stereocenters. The number of halogens is 2. The van der Waals surface area contributed by atoms with E-state index in [1.54, 1.807) is 18.2 Å². The molecule has 0 aromatic heterocycles. The van der Waals surface area contributed by atoms with E-state index in [2.05, 4.69) is 0 Å². The highest BCUT2D eigenvalue weighted by atomic mass is 19.1. The zero-order chi connectivity index (χ0) is 16.1. The minimum absolute atomic E-state index is 0.208. The van der Waals surface area contributed by atoms with Gasteiger partial charge in [0, 0.05) is 5.92 Å². The van der Waals surface area contributed by atoms with E-state index in [0.29, 0.717) is 17.6 Å². The molecular weight excluding hydrogens is 285 g/mol. The molecule has 1 saturated carbocycles. The summed E-state index contributed by atoms with van der Waals surface area (Å²) in [5, 5.41) is 0. The Morgan fingerprint density at radius 2 is 1.73 bits per heavy atom. The van der Waals surface area contributed by atoms with Crippen molar-refractivity contribution in [1.29, 1.82) is 0 Å². The second-order valence-electron chi connectivity index (χ2n) is 7.07. The first-order valence-corrected chi connectivity index (χ1v) is 7.71. The Kier molecular flexibility index (Phi) is 3.69. The van der Waals surface area contributed by atoms with E-state index >= 15 is 0 Å². The van der Waals surface area contributed by atoms with Gasteiger partial charge >= 0.3 is 7.12 Å². The molecule has 0 amide bonds. The van der Waals surface area contributed by atoms with E-state index in [9.17, 15) is 8.78 Å². The average molecular weight is 306 g/mol. The van der Waals surface area contributed by atoms with Crippen LogP contribution < -0.4 is 0 Å². The van der Waals surface area contributed by atoms with Gasteiger partial charge in [0.25, 0.3) is 0 Å². The molecule has 5 heteroatoms. The molecule has 0 radical (unpaired) electrons. The maximum Gasteiger partial charge on any atom is 0.525 e. The Hall–Kier alpha value is -1.20. The number of hydrogen-bond acceptors (Lipinski definition) is 2. The van der Waals surface area contributed by atoms with Crippen LogP contribution in [0, 0.1) is 5.82 Å². The van der Waals surface area contributed by atoms with Crippen LogP contribution in [-0.4, -0.2) is 18.3 Å². The zero-order valence-corrected chi connectivity index (χ0v) is 13.5. The normalized spacial score (nSPS) is 28.5. The predicted octanol–water partition coefficient (Wildman–Crippen LogP) is 4.56. The summed E-state index contributed by atoms with van der Waals surface area (Å²) in [6.07, 6.45) is 1.37. The van der Waals surface area contributed by atoms with Crippen LogP contribution in [0.5, 0.6) is 0 Å². The van der Waals surface area contributed by atoms with Crippen LogP contribution in [0.1, 0.15) is 52.0 Å². The predicted molar refractivity (Wildman–Crippen MR) is 82.6 cm³/mol. The van der Waals surface area contributed by atoms with Crippen molar-refractivity contribution in [3.63, 3.8) is 0 Å². The SMILES string of the molecule is CC1(C)OB(C(F)=C2CCC2c2ccccc2F)OC1(C)C. The smallest absolute Gasteiger partial charge is 0.398 e. The molecule has 0 N–H and O–H groups in total. The summed E-state index contributed by atoms with van der Waals surface area (Å²) in [6, 6.07) is 6.56. The van der Waals surface area contributed by atoms with E-state index in [1.807, 2.05) is 27.7 Å². The van der Waals surface area contributed by atoms with Crippen molar-refractivity contribution in [2.75, 3.05) is 0 Å². The highest BCUT2D eigenvalue weighted by Crippen LogP contribution is 2.47. The fourth-order valence-corrected chi connectivity index (χ4v) is 2.92. The van der Waals surface area contributed by atoms with Gasteiger partial charge in [-0.2, -0.15) is 0 Å². The second-order valence-corrected chi connectivity index (χ2v) is 7.07. The summed E-state index contributed by atoms with van der Waals surface area (Å²) in [6.45, 7) is 7.56. The first-order valence-electron chi connectivity index (χ1n) is 7.71. The summed E-state index contributed by atoms with van der Waals surface area (Å²) in [5.74, 6) is -0.494. The summed E-state index contributed by atoms with van der Waals surface area (Å²) < 4.78 is 40.2. The monoisotopic (exact) mass is 306 g/mol. The highest BCUT2D eigenvalue weighted by Gasteiger charge is 2.54. The van der Waals surface area contributed by atoms with Gasteiger partial charge in [0.05, 0.1) is 11.2 Å². The molecule has 1 saturated heterocycles. The molecule has 1 heterocycles. The van der Waals surface area contributed by atoms with Crippen LogP contribution in [0.25, 0.3) is 0 Å². The molecule has 1 aromatic rings. The fourth-order valence-electron chi connectivity index (χ4n) is 2.92. The van der Waals surface area contributed by atoms with Crippen molar-refractivity contribution in [2.24, 2.45) is 0 Å². The lowest BCUT2D eigenvalue weighted by Crippen LogP contribution is -2.41. The Morgan fingerprint density at radius 3 is 2.23 bits per heavy atom. The molecule has 22 heavy (non-hydrogen) atoms. The number of benzene rings is 1. The van der Waals surface area contributed by atoms with Crippen molar-refractivity contribution in [1.82, 2.24) is 0 Å². The van der Waals surface area contributed by atoms with Crippen LogP contribution in [0.2, 0.25) is 0 Å². The summed E-state index contributed by atoms with van der Waals surface area (Å²) in [5.41, 5.74) is -0.392. The van der Waals surface area contributed by atoms with E-state index in [1.165, 1.54) is 6.07 Å². The van der Waals surface area contributed by atoms with Crippen molar-refractivity contribution in [2.45, 2.75) is 57.7 Å². The standard InChI is InChI=1S/C17H21BF2O2/c1-16(2)17(3,4)22-18(21-16)15(20)13-10-9-11(13)12-7-5-6-8-14(12)19/h5-8,11H,9-10H2,1-4H3. The lowest BCUT2D eigenvalue weighted by Gasteiger charge is -2.32. The van der Waals surface area contributed by atoms with Gasteiger partial charge in [-0.1, -0.05) is 18.2 Å². The van der Waals surface area contributed by atoms with Gasteiger partial charge in [-0.3, -0.25) is 0 Å². The van der Waals surface area contributed by atoms with Gasteiger partial charge in [0.2, 0.25) is 0 Å². The number of allylic oxidation sites excluding steroid dienone is 1. The molecule has 1 aromatic carbocycles. The molecule has 3 rings (SSSR count). The Bertz CT molecular complexity index is 609. The van der Waals surface area contributed by atoms with Crippen LogP contribution in [-0.2, 0) is 9.31 Å². The van der Waals surface area contributed by atoms with E-state index < -0.39 is 24.0 Å². The Balaban J connectivity index is 1.87. The molecule has 2 nitrogen and oxygen atoms in total. The van der Waals surface area contributed by atoms with Gasteiger partial charge < -0.3 is 9.31 Å². The van der Waals surface area contributed by atoms with Gasteiger partial charge in [-0.15, -0.1) is 0 Å². The van der Waals surface area contributed by atoms with Gasteiger partial charge in [0.15, 0.2) is 0 Å². The maximum absolute atomic E-state index is 14.8. The van der Waals surface area contributed by atoms with Crippen molar-refractivity contribution in [3.05, 3.63) is 46.9 Å². The molecule has 2 aliphatic rings. The largest absolute Gasteiger partial charge is 0.525 e. The minimum Gasteiger partial charge on any atom is -0.398 e. The second kappa shape index (κ2) is 5.17. The topological polar surface area (TPSA) is 18.5 Å². The average Bonchev–Trinajstić information content (AvgIpc) is 2.60. The molecular formula is C17H21BF2O2. The summed E-state index contributed by atoms with van der Waals surface area (Å²) in [4.78, 5) is 0. The third kappa shape index (κ3) is 2.40. The van der Waals surface area contributed by atoms with Crippen molar-refractivity contribution in [3.8, 4) is 0 Å². The van der Waals surface area contributed by atoms with E-state index in [4.69, 9.17) is 9.31 Å². The van der Waals surface area contributed by atoms with Crippen LogP contribution >= 0.6 is 0 Å². The highest BCUT2D eigenvalue weighted by molar-refractivity contribution is 6.54. The summed E-state index contributed by atoms with van der Waals surface area (Å²) in [7, 11) is -0.991. The van der Waals surface area contributed by atoms with E-state index in [-0.39, 0.29) is 11.7 Å². The fraction of sp³-hybridized carbons (Fsp3) is 0.529. The molecule has 0 spiro atoms. The molecule has 2 fully saturated rings. The summed E-state index contributed by atoms with van der Waals surface area (Å²) >= 11 is 0. The lowest BCUT2D eigenvalue weighted by molar-refractivity contribution is 0.00578. The number of hydrogen-bond donors (Lipinski definition) is 0. The Morgan fingerprint density at radius 1 is 1.14 bits per heavy atom. The quantitative estimate of drug-likeness (QED) is 0.746. The molecule has 1 atom stereocenters. The maximum atomic E-state index is 14.8. The van der Waals surface area contributed by atoms with Gasteiger partial charge in [0.1, 0.15) is 11.5 Å². The van der Waals surface area contributed by atoms with Crippen LogP contribution in [0.4, 0.5) is 8.78 Å². The molecule has 0 bridgehead atoms. The lowest BCUT2D eigenvalue weighted by atomic mass is 9.69. The van der Waals surface area contributed by atoms with Crippen LogP contribution in [0.3, 0.4) is 0 Å². The number of rotatable bonds is 2. The molecule has 1 aliphatic heterocycles. The third-order valence-corrected chi connectivity index (χ3v) is 5.17. The Labute approximate surface area is 130 Å². The van der Waals surface area contributed by atoms with Crippen molar-refractivity contribution < 1.29 is 18.1 Å². The molecule has 1 aliphatic carbocycles. The first-order chi connectivity index (χ1) is 10.2. The van der Waals surface area contributed by atoms with E-state index in [0.717, 1.165) is 6.42 Å². The zero-order valence-electron chi connectivity index (χ0n) is 13.5. The van der Waals surface area contributed by atoms with Gasteiger partial charge in [-0.25, -0.2) is 8.78 Å². The third-order valence-electron chi connectivity index (χ3n) is 5.17. The first kappa shape index (κ1) is 15.7. The molecule has 118 valence electrons. The van der Waals surface area contributed by atoms with Gasteiger partial charge in [-0.05, 0) is 57.7 Å². The van der Waals surface area contributed by atoms with Crippen molar-refractivity contribution >= 4 is 7.12 Å².